The van der Waals surface area contributed by atoms with Crippen molar-refractivity contribution in [1.82, 2.24) is 10.2 Å². The van der Waals surface area contributed by atoms with Gasteiger partial charge in [0.1, 0.15) is 0 Å². The summed E-state index contributed by atoms with van der Waals surface area (Å²) in [6, 6.07) is 18.1. The number of rotatable bonds is 6. The van der Waals surface area contributed by atoms with Gasteiger partial charge in [-0.15, -0.1) is 0 Å². The van der Waals surface area contributed by atoms with Crippen LogP contribution < -0.4 is 5.32 Å². The molecule has 25 heavy (non-hydrogen) atoms. The second-order valence-corrected chi connectivity index (χ2v) is 6.99. The lowest BCUT2D eigenvalue weighted by atomic mass is 10.0. The molecule has 3 nitrogen and oxygen atoms in total. The maximum atomic E-state index is 12.6. The standard InChI is InChI=1S/C22H28N2O/c1-18-10-12-19(13-11-18)21(14-17-24-15-6-3-7-16-24)23-22(25)20-8-4-2-5-9-20/h2,4-5,8-13,21H,3,6-7,14-17H2,1H3,(H,23,25). The first-order valence-electron chi connectivity index (χ1n) is 9.37. The first kappa shape index (κ1) is 17.7. The Kier molecular flexibility index (Phi) is 6.24. The molecule has 0 aromatic heterocycles. The largest absolute Gasteiger partial charge is 0.345 e. The van der Waals surface area contributed by atoms with Crippen LogP contribution in [-0.4, -0.2) is 30.4 Å². The number of carbonyl (C=O) groups is 1. The third-order valence-electron chi connectivity index (χ3n) is 5.00. The van der Waals surface area contributed by atoms with Crippen LogP contribution in [0.5, 0.6) is 0 Å². The number of piperidine rings is 1. The van der Waals surface area contributed by atoms with Crippen LogP contribution >= 0.6 is 0 Å². The monoisotopic (exact) mass is 336 g/mol. The first-order chi connectivity index (χ1) is 12.2. The van der Waals surface area contributed by atoms with Crippen LogP contribution in [0.1, 0.15) is 53.2 Å². The molecule has 132 valence electrons. The van der Waals surface area contributed by atoms with Gasteiger partial charge in [-0.25, -0.2) is 0 Å². The van der Waals surface area contributed by atoms with Crippen LogP contribution in [0.3, 0.4) is 0 Å². The van der Waals surface area contributed by atoms with Gasteiger partial charge in [-0.2, -0.15) is 0 Å². The normalized spacial score (nSPS) is 16.4. The van der Waals surface area contributed by atoms with Crippen LogP contribution in [0.2, 0.25) is 0 Å². The number of likely N-dealkylation sites (tertiary alicyclic amines) is 1. The van der Waals surface area contributed by atoms with Gasteiger partial charge in [-0.05, 0) is 57.0 Å². The summed E-state index contributed by atoms with van der Waals surface area (Å²) in [5.41, 5.74) is 3.15. The number of nitrogens with one attached hydrogen (secondary N) is 1. The molecule has 0 saturated carbocycles. The molecule has 3 rings (SSSR count). The van der Waals surface area contributed by atoms with Gasteiger partial charge in [0.2, 0.25) is 0 Å². The Balaban J connectivity index is 1.69. The highest BCUT2D eigenvalue weighted by Crippen LogP contribution is 2.20. The van der Waals surface area contributed by atoms with Gasteiger partial charge in [0, 0.05) is 12.1 Å². The van der Waals surface area contributed by atoms with Crippen LogP contribution in [0.15, 0.2) is 54.6 Å². The molecule has 0 bridgehead atoms. The zero-order valence-corrected chi connectivity index (χ0v) is 15.1. The number of hydrogen-bond donors (Lipinski definition) is 1. The summed E-state index contributed by atoms with van der Waals surface area (Å²) < 4.78 is 0. The van der Waals surface area contributed by atoms with Crippen LogP contribution in [-0.2, 0) is 0 Å². The molecule has 1 fully saturated rings. The Morgan fingerprint density at radius 3 is 2.36 bits per heavy atom. The quantitative estimate of drug-likeness (QED) is 0.851. The van der Waals surface area contributed by atoms with E-state index < -0.39 is 0 Å². The molecule has 1 heterocycles. The molecular formula is C22H28N2O. The van der Waals surface area contributed by atoms with E-state index in [0.29, 0.717) is 0 Å². The van der Waals surface area contributed by atoms with Gasteiger partial charge >= 0.3 is 0 Å². The maximum Gasteiger partial charge on any atom is 0.251 e. The Morgan fingerprint density at radius 1 is 1.00 bits per heavy atom. The van der Waals surface area contributed by atoms with E-state index >= 15 is 0 Å². The number of hydrogen-bond acceptors (Lipinski definition) is 2. The van der Waals surface area contributed by atoms with E-state index in [1.54, 1.807) is 0 Å². The van der Waals surface area contributed by atoms with Gasteiger partial charge in [-0.1, -0.05) is 54.4 Å². The summed E-state index contributed by atoms with van der Waals surface area (Å²) in [6.45, 7) is 5.50. The molecule has 1 aliphatic heterocycles. The molecule has 1 unspecified atom stereocenters. The zero-order chi connectivity index (χ0) is 17.5. The van der Waals surface area contributed by atoms with Gasteiger partial charge in [0.05, 0.1) is 6.04 Å². The number of benzene rings is 2. The second kappa shape index (κ2) is 8.82. The molecule has 0 spiro atoms. The van der Waals surface area contributed by atoms with Crippen molar-refractivity contribution in [3.8, 4) is 0 Å². The average molecular weight is 336 g/mol. The van der Waals surface area contributed by atoms with Crippen LogP contribution in [0.4, 0.5) is 0 Å². The highest BCUT2D eigenvalue weighted by atomic mass is 16.1. The minimum atomic E-state index is 0.00446. The van der Waals surface area contributed by atoms with Gasteiger partial charge in [-0.3, -0.25) is 4.79 Å². The zero-order valence-electron chi connectivity index (χ0n) is 15.1. The Bertz CT molecular complexity index is 660. The Morgan fingerprint density at radius 2 is 1.68 bits per heavy atom. The smallest absolute Gasteiger partial charge is 0.251 e. The molecule has 1 aliphatic rings. The highest BCUT2D eigenvalue weighted by molar-refractivity contribution is 5.94. The molecule has 2 aromatic carbocycles. The molecule has 1 saturated heterocycles. The lowest BCUT2D eigenvalue weighted by Gasteiger charge is -2.29. The van der Waals surface area contributed by atoms with E-state index in [-0.39, 0.29) is 11.9 Å². The predicted octanol–water partition coefficient (Wildman–Crippen LogP) is 4.34. The number of nitrogens with zero attached hydrogens (tertiary/aromatic N) is 1. The van der Waals surface area contributed by atoms with Crippen molar-refractivity contribution in [1.29, 1.82) is 0 Å². The molecule has 0 radical (unpaired) electrons. The van der Waals surface area contributed by atoms with E-state index in [9.17, 15) is 4.79 Å². The van der Waals surface area contributed by atoms with Gasteiger partial charge in [0.15, 0.2) is 0 Å². The SMILES string of the molecule is Cc1ccc(C(CCN2CCCCC2)NC(=O)c2ccccc2)cc1. The number of amides is 1. The predicted molar refractivity (Wildman–Crippen MR) is 103 cm³/mol. The number of carbonyl (C=O) groups excluding carboxylic acids is 1. The van der Waals surface area contributed by atoms with Crippen molar-refractivity contribution < 1.29 is 4.79 Å². The second-order valence-electron chi connectivity index (χ2n) is 6.99. The average Bonchev–Trinajstić information content (AvgIpc) is 2.67. The molecule has 2 aromatic rings. The van der Waals surface area contributed by atoms with Crippen molar-refractivity contribution >= 4 is 5.91 Å². The summed E-state index contributed by atoms with van der Waals surface area (Å²) in [7, 11) is 0. The van der Waals surface area contributed by atoms with E-state index in [0.717, 1.165) is 18.5 Å². The fourth-order valence-corrected chi connectivity index (χ4v) is 3.45. The summed E-state index contributed by atoms with van der Waals surface area (Å²) in [4.78, 5) is 15.1. The fourth-order valence-electron chi connectivity index (χ4n) is 3.45. The summed E-state index contributed by atoms with van der Waals surface area (Å²) in [5, 5.41) is 3.24. The Hall–Kier alpha value is -2.13. The van der Waals surface area contributed by atoms with Crippen LogP contribution in [0, 0.1) is 6.92 Å². The van der Waals surface area contributed by atoms with Crippen molar-refractivity contribution in [2.45, 2.75) is 38.6 Å². The van der Waals surface area contributed by atoms with E-state index in [4.69, 9.17) is 0 Å². The third-order valence-corrected chi connectivity index (χ3v) is 5.00. The first-order valence-corrected chi connectivity index (χ1v) is 9.37. The van der Waals surface area contributed by atoms with Crippen molar-refractivity contribution in [3.05, 3.63) is 71.3 Å². The lowest BCUT2D eigenvalue weighted by molar-refractivity contribution is 0.0930. The molecule has 1 N–H and O–H groups in total. The van der Waals surface area contributed by atoms with E-state index in [2.05, 4.69) is 41.4 Å². The number of aryl methyl sites for hydroxylation is 1. The van der Waals surface area contributed by atoms with Gasteiger partial charge < -0.3 is 10.2 Å². The van der Waals surface area contributed by atoms with E-state index in [1.165, 1.54) is 43.5 Å². The maximum absolute atomic E-state index is 12.6. The third kappa shape index (κ3) is 5.17. The highest BCUT2D eigenvalue weighted by Gasteiger charge is 2.18. The fraction of sp³-hybridized carbons (Fsp3) is 0.409. The molecule has 1 amide bonds. The minimum Gasteiger partial charge on any atom is -0.345 e. The Labute approximate surface area is 151 Å². The summed E-state index contributed by atoms with van der Waals surface area (Å²) in [5.74, 6) is 0.00446. The lowest BCUT2D eigenvalue weighted by Crippen LogP contribution is -2.35. The molecule has 1 atom stereocenters. The van der Waals surface area contributed by atoms with Crippen molar-refractivity contribution in [2.24, 2.45) is 0 Å². The van der Waals surface area contributed by atoms with Crippen molar-refractivity contribution in [2.75, 3.05) is 19.6 Å². The molecule has 3 heteroatoms. The molecule has 0 aliphatic carbocycles. The summed E-state index contributed by atoms with van der Waals surface area (Å²) >= 11 is 0. The summed E-state index contributed by atoms with van der Waals surface area (Å²) in [6.07, 6.45) is 4.89. The minimum absolute atomic E-state index is 0.00446. The van der Waals surface area contributed by atoms with E-state index in [1.807, 2.05) is 30.3 Å². The molecular weight excluding hydrogens is 308 g/mol. The van der Waals surface area contributed by atoms with Crippen LogP contribution in [0.25, 0.3) is 0 Å². The van der Waals surface area contributed by atoms with Gasteiger partial charge in [0.25, 0.3) is 5.91 Å². The topological polar surface area (TPSA) is 32.3 Å². The van der Waals surface area contributed by atoms with Crippen molar-refractivity contribution in [3.63, 3.8) is 0 Å².